The fraction of sp³-hybridized carbons (Fsp3) is 0.360. The van der Waals surface area contributed by atoms with E-state index in [1.807, 2.05) is 53.1 Å². The van der Waals surface area contributed by atoms with Crippen LogP contribution in [0, 0.1) is 6.92 Å². The largest absolute Gasteiger partial charge is 0.391 e. The number of aromatic nitrogens is 2. The SMILES string of the molecule is Cc1onc2c1c(=O)n(C1CCCN(CC(O)Cc3ccccc3)C1)c1cccc(Cl)c21. The molecule has 32 heavy (non-hydrogen) atoms. The summed E-state index contributed by atoms with van der Waals surface area (Å²) in [4.78, 5) is 15.8. The van der Waals surface area contributed by atoms with Gasteiger partial charge in [-0.15, -0.1) is 0 Å². The maximum Gasteiger partial charge on any atom is 0.264 e. The third-order valence-corrected chi connectivity index (χ3v) is 6.73. The average molecular weight is 452 g/mol. The summed E-state index contributed by atoms with van der Waals surface area (Å²) in [6, 6.07) is 15.6. The molecule has 0 radical (unpaired) electrons. The summed E-state index contributed by atoms with van der Waals surface area (Å²) >= 11 is 6.54. The standard InChI is InChI=1S/C25H26ClN3O3/c1-16-22-24(27-32-16)23-20(26)10-5-11-21(23)29(25(22)31)18-9-6-12-28(14-18)15-19(30)13-17-7-3-2-4-8-17/h2-5,7-8,10-11,18-19,30H,6,9,12-15H2,1H3. The number of rotatable bonds is 5. The molecule has 6 nitrogen and oxygen atoms in total. The smallest absolute Gasteiger partial charge is 0.264 e. The van der Waals surface area contributed by atoms with Gasteiger partial charge in [0.2, 0.25) is 0 Å². The second kappa shape index (κ2) is 8.70. The van der Waals surface area contributed by atoms with E-state index in [-0.39, 0.29) is 11.6 Å². The molecule has 5 rings (SSSR count). The zero-order chi connectivity index (χ0) is 22.2. The van der Waals surface area contributed by atoms with Crippen molar-refractivity contribution < 1.29 is 9.63 Å². The van der Waals surface area contributed by atoms with Gasteiger partial charge in [-0.05, 0) is 50.4 Å². The maximum absolute atomic E-state index is 13.6. The number of pyridine rings is 1. The number of likely N-dealkylation sites (tertiary alicyclic amines) is 1. The fourth-order valence-electron chi connectivity index (χ4n) is 4.99. The van der Waals surface area contributed by atoms with Crippen molar-refractivity contribution in [2.24, 2.45) is 0 Å². The minimum atomic E-state index is -0.457. The molecule has 0 saturated carbocycles. The highest BCUT2D eigenvalue weighted by atomic mass is 35.5. The maximum atomic E-state index is 13.6. The molecule has 1 saturated heterocycles. The van der Waals surface area contributed by atoms with Gasteiger partial charge >= 0.3 is 0 Å². The summed E-state index contributed by atoms with van der Waals surface area (Å²) in [7, 11) is 0. The molecule has 3 heterocycles. The van der Waals surface area contributed by atoms with Gasteiger partial charge in [-0.25, -0.2) is 0 Å². The molecule has 1 aliphatic heterocycles. The van der Waals surface area contributed by atoms with Gasteiger partial charge in [0.15, 0.2) is 0 Å². The Balaban J connectivity index is 1.47. The van der Waals surface area contributed by atoms with Crippen LogP contribution in [0.2, 0.25) is 5.02 Å². The Labute approximate surface area is 191 Å². The van der Waals surface area contributed by atoms with Gasteiger partial charge < -0.3 is 14.2 Å². The molecule has 2 aromatic carbocycles. The first-order valence-electron chi connectivity index (χ1n) is 11.1. The molecule has 2 unspecified atom stereocenters. The molecule has 1 aliphatic rings. The molecule has 2 atom stereocenters. The molecular weight excluding hydrogens is 426 g/mol. The number of benzene rings is 2. The van der Waals surface area contributed by atoms with Crippen LogP contribution in [0.25, 0.3) is 21.8 Å². The molecule has 0 amide bonds. The van der Waals surface area contributed by atoms with Gasteiger partial charge in [0.25, 0.3) is 5.56 Å². The number of hydrogen-bond donors (Lipinski definition) is 1. The molecule has 0 spiro atoms. The second-order valence-corrected chi connectivity index (χ2v) is 9.08. The molecule has 7 heteroatoms. The lowest BCUT2D eigenvalue weighted by Gasteiger charge is -2.35. The molecule has 1 N–H and O–H groups in total. The van der Waals surface area contributed by atoms with E-state index in [1.54, 1.807) is 6.92 Å². The Hall–Kier alpha value is -2.67. The lowest BCUT2D eigenvalue weighted by molar-refractivity contribution is 0.0866. The highest BCUT2D eigenvalue weighted by molar-refractivity contribution is 6.37. The van der Waals surface area contributed by atoms with E-state index in [0.29, 0.717) is 41.2 Å². The third kappa shape index (κ3) is 3.83. The van der Waals surface area contributed by atoms with Crippen molar-refractivity contribution in [3.8, 4) is 0 Å². The Morgan fingerprint density at radius 2 is 2.00 bits per heavy atom. The Morgan fingerprint density at radius 3 is 2.81 bits per heavy atom. The number of fused-ring (bicyclic) bond motifs is 3. The van der Waals surface area contributed by atoms with Gasteiger partial charge in [0.05, 0.1) is 22.7 Å². The van der Waals surface area contributed by atoms with Gasteiger partial charge in [-0.1, -0.05) is 53.2 Å². The van der Waals surface area contributed by atoms with E-state index in [9.17, 15) is 9.90 Å². The Bertz CT molecular complexity index is 1320. The van der Waals surface area contributed by atoms with Crippen LogP contribution in [0.5, 0.6) is 0 Å². The van der Waals surface area contributed by atoms with Gasteiger partial charge in [-0.2, -0.15) is 0 Å². The number of halogens is 1. The van der Waals surface area contributed by atoms with Crippen LogP contribution in [0.1, 0.15) is 30.2 Å². The first-order chi connectivity index (χ1) is 15.5. The first-order valence-corrected chi connectivity index (χ1v) is 11.4. The molecule has 166 valence electrons. The second-order valence-electron chi connectivity index (χ2n) is 8.67. The van der Waals surface area contributed by atoms with Gasteiger partial charge in [-0.3, -0.25) is 9.69 Å². The average Bonchev–Trinajstić information content (AvgIpc) is 3.16. The van der Waals surface area contributed by atoms with Crippen molar-refractivity contribution >= 4 is 33.4 Å². The summed E-state index contributed by atoms with van der Waals surface area (Å²) < 4.78 is 7.23. The monoisotopic (exact) mass is 451 g/mol. The number of aliphatic hydroxyl groups excluding tert-OH is 1. The third-order valence-electron chi connectivity index (χ3n) is 6.41. The normalized spacial score (nSPS) is 18.4. The van der Waals surface area contributed by atoms with Crippen molar-refractivity contribution in [2.45, 2.75) is 38.3 Å². The van der Waals surface area contributed by atoms with Crippen molar-refractivity contribution in [1.29, 1.82) is 0 Å². The quantitative estimate of drug-likeness (QED) is 0.488. The van der Waals surface area contributed by atoms with E-state index in [1.165, 1.54) is 0 Å². The summed E-state index contributed by atoms with van der Waals surface area (Å²) in [5.74, 6) is 0.506. The van der Waals surface area contributed by atoms with Crippen LogP contribution in [0.15, 0.2) is 57.8 Å². The topological polar surface area (TPSA) is 71.5 Å². The zero-order valence-corrected chi connectivity index (χ0v) is 18.8. The Kier molecular flexibility index (Phi) is 5.76. The fourth-order valence-corrected chi connectivity index (χ4v) is 5.25. The van der Waals surface area contributed by atoms with E-state index < -0.39 is 6.10 Å². The van der Waals surface area contributed by atoms with Crippen molar-refractivity contribution in [2.75, 3.05) is 19.6 Å². The van der Waals surface area contributed by atoms with Crippen molar-refractivity contribution in [3.63, 3.8) is 0 Å². The molecular formula is C25H26ClN3O3. The molecule has 2 aromatic heterocycles. The number of aliphatic hydroxyl groups is 1. The molecule has 1 fully saturated rings. The number of β-amino-alcohol motifs (C(OH)–C–C–N with tert-alkyl or cyclic N) is 1. The summed E-state index contributed by atoms with van der Waals surface area (Å²) in [5, 5.41) is 16.6. The van der Waals surface area contributed by atoms with Crippen LogP contribution in [0.4, 0.5) is 0 Å². The molecule has 0 aliphatic carbocycles. The van der Waals surface area contributed by atoms with E-state index >= 15 is 0 Å². The molecule has 4 aromatic rings. The van der Waals surface area contributed by atoms with E-state index in [4.69, 9.17) is 16.1 Å². The summed E-state index contributed by atoms with van der Waals surface area (Å²) in [6.45, 7) is 3.94. The van der Waals surface area contributed by atoms with Crippen LogP contribution < -0.4 is 5.56 Å². The van der Waals surface area contributed by atoms with Crippen LogP contribution in [-0.4, -0.2) is 45.5 Å². The predicted molar refractivity (Wildman–Crippen MR) is 126 cm³/mol. The van der Waals surface area contributed by atoms with Crippen molar-refractivity contribution in [3.05, 3.63) is 75.2 Å². The van der Waals surface area contributed by atoms with Crippen LogP contribution >= 0.6 is 11.6 Å². The van der Waals surface area contributed by atoms with Crippen molar-refractivity contribution in [1.82, 2.24) is 14.6 Å². The van der Waals surface area contributed by atoms with E-state index in [2.05, 4.69) is 10.1 Å². The number of nitrogens with zero attached hydrogens (tertiary/aromatic N) is 3. The van der Waals surface area contributed by atoms with Gasteiger partial charge in [0, 0.05) is 18.5 Å². The Morgan fingerprint density at radius 1 is 1.19 bits per heavy atom. The highest BCUT2D eigenvalue weighted by Gasteiger charge is 2.27. The minimum Gasteiger partial charge on any atom is -0.391 e. The highest BCUT2D eigenvalue weighted by Crippen LogP contribution is 2.33. The van der Waals surface area contributed by atoms with Crippen LogP contribution in [0.3, 0.4) is 0 Å². The minimum absolute atomic E-state index is 0.0140. The summed E-state index contributed by atoms with van der Waals surface area (Å²) in [6.07, 6.45) is 2.01. The van der Waals surface area contributed by atoms with Crippen LogP contribution in [-0.2, 0) is 6.42 Å². The number of hydrogen-bond acceptors (Lipinski definition) is 5. The number of piperidine rings is 1. The zero-order valence-electron chi connectivity index (χ0n) is 18.0. The number of aryl methyl sites for hydroxylation is 1. The summed E-state index contributed by atoms with van der Waals surface area (Å²) in [5.41, 5.74) is 2.33. The first kappa shape index (κ1) is 21.2. The lowest BCUT2D eigenvalue weighted by Crippen LogP contribution is -2.43. The van der Waals surface area contributed by atoms with E-state index in [0.717, 1.165) is 35.9 Å². The molecule has 0 bridgehead atoms. The van der Waals surface area contributed by atoms with Gasteiger partial charge in [0.1, 0.15) is 16.7 Å². The lowest BCUT2D eigenvalue weighted by atomic mass is 10.0. The predicted octanol–water partition coefficient (Wildman–Crippen LogP) is 4.35.